The first-order valence-corrected chi connectivity index (χ1v) is 3.06. The first-order valence-electron chi connectivity index (χ1n) is 3.06. The molecule has 0 radical (unpaired) electrons. The summed E-state index contributed by atoms with van der Waals surface area (Å²) in [5.74, 6) is -1.10. The predicted molar refractivity (Wildman–Crippen MR) is 33.3 cm³/mol. The van der Waals surface area contributed by atoms with E-state index in [9.17, 15) is 18.0 Å². The van der Waals surface area contributed by atoms with E-state index in [0.29, 0.717) is 6.92 Å². The molecule has 0 amide bonds. The van der Waals surface area contributed by atoms with Crippen LogP contribution in [0.25, 0.3) is 0 Å². The normalized spacial score (nSPS) is 16.8. The Morgan fingerprint density at radius 1 is 1.50 bits per heavy atom. The van der Waals surface area contributed by atoms with Crippen LogP contribution in [0.2, 0.25) is 0 Å². The van der Waals surface area contributed by atoms with Crippen molar-refractivity contribution in [2.45, 2.75) is 25.1 Å². The molecule has 0 rings (SSSR count). The topological polar surface area (TPSA) is 46.5 Å². The Hall–Kier alpha value is -0.780. The second kappa shape index (κ2) is 3.30. The third kappa shape index (κ3) is 2.69. The van der Waals surface area contributed by atoms with Crippen molar-refractivity contribution in [3.05, 3.63) is 0 Å². The summed E-state index contributed by atoms with van der Waals surface area (Å²) >= 11 is 0. The number of halogens is 3. The molecule has 72 valence electrons. The highest BCUT2D eigenvalue weighted by Gasteiger charge is 2.51. The molecule has 0 aliphatic rings. The Kier molecular flexibility index (Phi) is 3.09. The monoisotopic (exact) mass is 186 g/mol. The van der Waals surface area contributed by atoms with E-state index in [4.69, 9.17) is 5.11 Å². The summed E-state index contributed by atoms with van der Waals surface area (Å²) in [6.07, 6.45) is -5.91. The van der Waals surface area contributed by atoms with Crippen molar-refractivity contribution >= 4 is 5.97 Å². The van der Waals surface area contributed by atoms with E-state index in [-0.39, 0.29) is 0 Å². The zero-order valence-electron chi connectivity index (χ0n) is 6.60. The summed E-state index contributed by atoms with van der Waals surface area (Å²) in [7, 11) is 0.953. The number of carbonyl (C=O) groups excluding carboxylic acids is 1. The lowest BCUT2D eigenvalue weighted by molar-refractivity contribution is -0.255. The highest BCUT2D eigenvalue weighted by molar-refractivity contribution is 5.70. The molecule has 0 saturated carbocycles. The molecule has 0 heterocycles. The average molecular weight is 186 g/mol. The van der Waals surface area contributed by atoms with Crippen molar-refractivity contribution in [1.29, 1.82) is 0 Å². The Morgan fingerprint density at radius 2 is 1.92 bits per heavy atom. The van der Waals surface area contributed by atoms with Crippen LogP contribution >= 0.6 is 0 Å². The number of methoxy groups -OCH3 is 1. The average Bonchev–Trinajstić information content (AvgIpc) is 1.84. The maximum Gasteiger partial charge on any atom is 0.417 e. The molecule has 0 aromatic carbocycles. The standard InChI is InChI=1S/C6H9F3O3/c1-5(11,6(7,8)9)3-4(10)12-2/h11H,3H2,1-2H3. The fourth-order valence-corrected chi connectivity index (χ4v) is 0.453. The van der Waals surface area contributed by atoms with Crippen molar-refractivity contribution < 1.29 is 27.8 Å². The maximum atomic E-state index is 11.9. The quantitative estimate of drug-likeness (QED) is 0.650. The van der Waals surface area contributed by atoms with Gasteiger partial charge in [0, 0.05) is 0 Å². The SMILES string of the molecule is COC(=O)CC(C)(O)C(F)(F)F. The number of rotatable bonds is 2. The molecular formula is C6H9F3O3. The molecule has 1 unspecified atom stereocenters. The highest BCUT2D eigenvalue weighted by Crippen LogP contribution is 2.32. The zero-order valence-corrected chi connectivity index (χ0v) is 6.60. The van der Waals surface area contributed by atoms with Crippen LogP contribution < -0.4 is 0 Å². The number of carbonyl (C=O) groups is 1. The molecule has 1 atom stereocenters. The number of ether oxygens (including phenoxy) is 1. The summed E-state index contributed by atoms with van der Waals surface area (Å²) < 4.78 is 39.6. The molecule has 12 heavy (non-hydrogen) atoms. The molecule has 0 bridgehead atoms. The van der Waals surface area contributed by atoms with Gasteiger partial charge in [0.05, 0.1) is 13.5 Å². The van der Waals surface area contributed by atoms with E-state index in [1.165, 1.54) is 0 Å². The maximum absolute atomic E-state index is 11.9. The summed E-state index contributed by atoms with van der Waals surface area (Å²) in [5.41, 5.74) is -3.01. The van der Waals surface area contributed by atoms with Gasteiger partial charge in [-0.05, 0) is 6.92 Å². The molecule has 0 aromatic heterocycles. The number of alkyl halides is 3. The zero-order chi connectivity index (χ0) is 9.99. The Bertz CT molecular complexity index is 173. The number of hydrogen-bond donors (Lipinski definition) is 1. The largest absolute Gasteiger partial charge is 0.469 e. The number of aliphatic hydroxyl groups is 1. The molecule has 0 aromatic rings. The van der Waals surface area contributed by atoms with Gasteiger partial charge in [0.1, 0.15) is 0 Å². The second-order valence-corrected chi connectivity index (χ2v) is 2.52. The first kappa shape index (κ1) is 11.2. The molecule has 3 nitrogen and oxygen atoms in total. The Morgan fingerprint density at radius 3 is 2.17 bits per heavy atom. The van der Waals surface area contributed by atoms with Gasteiger partial charge in [-0.25, -0.2) is 0 Å². The van der Waals surface area contributed by atoms with E-state index in [1.807, 2.05) is 0 Å². The van der Waals surface area contributed by atoms with Crippen LogP contribution in [-0.2, 0) is 9.53 Å². The van der Waals surface area contributed by atoms with Crippen LogP contribution in [0.5, 0.6) is 0 Å². The van der Waals surface area contributed by atoms with Gasteiger partial charge >= 0.3 is 12.1 Å². The summed E-state index contributed by atoms with van der Waals surface area (Å²) in [5, 5.41) is 8.73. The third-order valence-electron chi connectivity index (χ3n) is 1.33. The van der Waals surface area contributed by atoms with Gasteiger partial charge in [0.15, 0.2) is 5.60 Å². The van der Waals surface area contributed by atoms with Crippen molar-refractivity contribution in [3.63, 3.8) is 0 Å². The van der Waals surface area contributed by atoms with Crippen molar-refractivity contribution in [1.82, 2.24) is 0 Å². The van der Waals surface area contributed by atoms with Gasteiger partial charge in [-0.2, -0.15) is 13.2 Å². The van der Waals surface area contributed by atoms with Crippen LogP contribution in [0.3, 0.4) is 0 Å². The minimum absolute atomic E-state index is 0.518. The van der Waals surface area contributed by atoms with Gasteiger partial charge in [-0.1, -0.05) is 0 Å². The van der Waals surface area contributed by atoms with Crippen LogP contribution in [0.15, 0.2) is 0 Å². The highest BCUT2D eigenvalue weighted by atomic mass is 19.4. The molecular weight excluding hydrogens is 177 g/mol. The van der Waals surface area contributed by atoms with Gasteiger partial charge in [0.2, 0.25) is 0 Å². The Balaban J connectivity index is 4.33. The second-order valence-electron chi connectivity index (χ2n) is 2.52. The lowest BCUT2D eigenvalue weighted by Gasteiger charge is -2.24. The summed E-state index contributed by atoms with van der Waals surface area (Å²) in [6.45, 7) is 0.518. The van der Waals surface area contributed by atoms with Crippen LogP contribution in [0.4, 0.5) is 13.2 Å². The lowest BCUT2D eigenvalue weighted by atomic mass is 10.0. The minimum atomic E-state index is -4.82. The molecule has 0 aliphatic heterocycles. The van der Waals surface area contributed by atoms with Crippen LogP contribution in [-0.4, -0.2) is 30.0 Å². The number of esters is 1. The fraction of sp³-hybridized carbons (Fsp3) is 0.833. The summed E-state index contributed by atoms with van der Waals surface area (Å²) in [4.78, 5) is 10.4. The molecule has 0 aliphatic carbocycles. The van der Waals surface area contributed by atoms with Gasteiger partial charge in [-0.15, -0.1) is 0 Å². The molecule has 6 heteroatoms. The van der Waals surface area contributed by atoms with E-state index in [1.54, 1.807) is 0 Å². The van der Waals surface area contributed by atoms with Crippen LogP contribution in [0.1, 0.15) is 13.3 Å². The minimum Gasteiger partial charge on any atom is -0.469 e. The van der Waals surface area contributed by atoms with E-state index in [0.717, 1.165) is 7.11 Å². The van der Waals surface area contributed by atoms with Gasteiger partial charge in [-0.3, -0.25) is 4.79 Å². The lowest BCUT2D eigenvalue weighted by Crippen LogP contribution is -2.44. The number of hydrogen-bond acceptors (Lipinski definition) is 3. The van der Waals surface area contributed by atoms with E-state index >= 15 is 0 Å². The predicted octanol–water partition coefficient (Wildman–Crippen LogP) is 0.863. The smallest absolute Gasteiger partial charge is 0.417 e. The molecule has 1 N–H and O–H groups in total. The fourth-order valence-electron chi connectivity index (χ4n) is 0.453. The molecule has 0 saturated heterocycles. The van der Waals surface area contributed by atoms with E-state index in [2.05, 4.69) is 4.74 Å². The van der Waals surface area contributed by atoms with Crippen molar-refractivity contribution in [2.24, 2.45) is 0 Å². The van der Waals surface area contributed by atoms with E-state index < -0.39 is 24.2 Å². The van der Waals surface area contributed by atoms with Gasteiger partial charge in [0.25, 0.3) is 0 Å². The van der Waals surface area contributed by atoms with Crippen molar-refractivity contribution in [3.8, 4) is 0 Å². The van der Waals surface area contributed by atoms with Gasteiger partial charge < -0.3 is 9.84 Å². The third-order valence-corrected chi connectivity index (χ3v) is 1.33. The van der Waals surface area contributed by atoms with Crippen molar-refractivity contribution in [2.75, 3.05) is 7.11 Å². The molecule has 0 fully saturated rings. The van der Waals surface area contributed by atoms with Crippen LogP contribution in [0, 0.1) is 0 Å². The Labute approximate surface area is 67.1 Å². The first-order chi connectivity index (χ1) is 5.20. The molecule has 0 spiro atoms. The summed E-state index contributed by atoms with van der Waals surface area (Å²) in [6, 6.07) is 0.